The molecular formula is C69H45N3. The van der Waals surface area contributed by atoms with Gasteiger partial charge in [-0.3, -0.25) is 0 Å². The number of rotatable bonds is 9. The Morgan fingerprint density at radius 1 is 0.181 bits per heavy atom. The Bertz CT molecular complexity index is 3950. The second kappa shape index (κ2) is 18.4. The van der Waals surface area contributed by atoms with Gasteiger partial charge in [0.15, 0.2) is 5.82 Å². The molecule has 2 heterocycles. The van der Waals surface area contributed by atoms with Gasteiger partial charge < -0.3 is 0 Å². The van der Waals surface area contributed by atoms with Gasteiger partial charge in [-0.1, -0.05) is 261 Å². The summed E-state index contributed by atoms with van der Waals surface area (Å²) in [6, 6.07) is 97.0. The van der Waals surface area contributed by atoms with Gasteiger partial charge in [-0.15, -0.1) is 0 Å². The van der Waals surface area contributed by atoms with Gasteiger partial charge in [0.05, 0.1) is 22.8 Å². The Morgan fingerprint density at radius 2 is 0.500 bits per heavy atom. The lowest BCUT2D eigenvalue weighted by Crippen LogP contribution is -2.01. The molecular weight excluding hydrogens is 871 g/mol. The van der Waals surface area contributed by atoms with Crippen molar-refractivity contribution in [1.82, 2.24) is 15.0 Å². The SMILES string of the molecule is c1ccc(-c2cc(-c3ccc(-c4ccc5c6ccccc6c6ccccc6c5c4)cc3)nc(-c3ccc(-c4c(-c5ccccc5)c(-c5ccccc5)nc(-c5ccccc5)c4-c4ccccc4)cc3)n2)cc1. The summed E-state index contributed by atoms with van der Waals surface area (Å²) in [5.74, 6) is 0.659. The van der Waals surface area contributed by atoms with Crippen molar-refractivity contribution in [1.29, 1.82) is 0 Å². The lowest BCUT2D eigenvalue weighted by molar-refractivity contribution is 1.18. The predicted molar refractivity (Wildman–Crippen MR) is 301 cm³/mol. The third kappa shape index (κ3) is 7.80. The summed E-state index contributed by atoms with van der Waals surface area (Å²) in [7, 11) is 0. The summed E-state index contributed by atoms with van der Waals surface area (Å²) in [5, 5.41) is 7.62. The fourth-order valence-corrected chi connectivity index (χ4v) is 10.4. The highest BCUT2D eigenvalue weighted by Crippen LogP contribution is 2.49. The molecule has 0 saturated carbocycles. The number of benzene rings is 11. The Morgan fingerprint density at radius 3 is 0.972 bits per heavy atom. The summed E-state index contributed by atoms with van der Waals surface area (Å²) in [6.45, 7) is 0. The second-order valence-electron chi connectivity index (χ2n) is 18.2. The monoisotopic (exact) mass is 915 g/mol. The summed E-state index contributed by atoms with van der Waals surface area (Å²) < 4.78 is 0. The zero-order valence-corrected chi connectivity index (χ0v) is 39.3. The smallest absolute Gasteiger partial charge is 0.160 e. The molecule has 0 aliphatic heterocycles. The van der Waals surface area contributed by atoms with Gasteiger partial charge in [0, 0.05) is 44.5 Å². The van der Waals surface area contributed by atoms with E-state index in [4.69, 9.17) is 15.0 Å². The van der Waals surface area contributed by atoms with Crippen LogP contribution < -0.4 is 0 Å². The molecule has 0 amide bonds. The zero-order chi connectivity index (χ0) is 47.8. The van der Waals surface area contributed by atoms with Gasteiger partial charge in [-0.2, -0.15) is 0 Å². The molecule has 0 radical (unpaired) electrons. The van der Waals surface area contributed by atoms with Crippen LogP contribution in [-0.2, 0) is 0 Å². The van der Waals surface area contributed by atoms with E-state index in [0.29, 0.717) is 5.82 Å². The number of pyridine rings is 1. The lowest BCUT2D eigenvalue weighted by Gasteiger charge is -2.23. The molecule has 3 heteroatoms. The van der Waals surface area contributed by atoms with Gasteiger partial charge in [0.2, 0.25) is 0 Å². The fourth-order valence-electron chi connectivity index (χ4n) is 10.4. The maximum atomic E-state index is 5.63. The average molecular weight is 916 g/mol. The van der Waals surface area contributed by atoms with Crippen LogP contribution in [0.25, 0.3) is 133 Å². The standard InChI is InChI=1S/C69H45N3/c1-6-20-47(21-7-1)62-45-63(48-36-34-46(35-37-48)55-42-43-60-58-32-17-16-30-56(58)57-31-18-19-33-59(57)61(60)44-55)71-69(70-62)54-40-38-51(39-41-54)64-65(49-22-8-2-9-23-49)67(52-26-12-4-13-27-52)72-68(53-28-14-5-15-29-53)66(64)50-24-10-3-11-25-50/h1-45H. The fraction of sp³-hybridized carbons (Fsp3) is 0. The van der Waals surface area contributed by atoms with Crippen molar-refractivity contribution in [2.45, 2.75) is 0 Å². The highest BCUT2D eigenvalue weighted by atomic mass is 14.9. The van der Waals surface area contributed by atoms with Crippen LogP contribution in [0.3, 0.4) is 0 Å². The minimum absolute atomic E-state index is 0.659. The molecule has 0 spiro atoms. The molecule has 0 aliphatic rings. The summed E-state index contributed by atoms with van der Waals surface area (Å²) in [5.41, 5.74) is 17.5. The first kappa shape index (κ1) is 42.5. The molecule has 2 aromatic heterocycles. The lowest BCUT2D eigenvalue weighted by atomic mass is 9.83. The highest BCUT2D eigenvalue weighted by molar-refractivity contribution is 6.25. The van der Waals surface area contributed by atoms with Gasteiger partial charge in [0.1, 0.15) is 0 Å². The minimum Gasteiger partial charge on any atom is -0.246 e. The maximum Gasteiger partial charge on any atom is 0.160 e. The third-order valence-electron chi connectivity index (χ3n) is 13.9. The Balaban J connectivity index is 0.948. The van der Waals surface area contributed by atoms with Crippen molar-refractivity contribution in [2.24, 2.45) is 0 Å². The maximum absolute atomic E-state index is 5.63. The van der Waals surface area contributed by atoms with Crippen LogP contribution >= 0.6 is 0 Å². The van der Waals surface area contributed by atoms with Crippen molar-refractivity contribution in [3.8, 4) is 101 Å². The van der Waals surface area contributed by atoms with Crippen molar-refractivity contribution in [3.05, 3.63) is 273 Å². The molecule has 0 saturated heterocycles. The first-order valence-electron chi connectivity index (χ1n) is 24.5. The number of hydrogen-bond acceptors (Lipinski definition) is 3. The van der Waals surface area contributed by atoms with E-state index in [1.54, 1.807) is 0 Å². The first-order chi connectivity index (χ1) is 35.7. The van der Waals surface area contributed by atoms with E-state index in [2.05, 4.69) is 267 Å². The summed E-state index contributed by atoms with van der Waals surface area (Å²) >= 11 is 0. The highest BCUT2D eigenvalue weighted by Gasteiger charge is 2.25. The Hall–Kier alpha value is -9.57. The predicted octanol–water partition coefficient (Wildman–Crippen LogP) is 18.3. The number of aromatic nitrogens is 3. The van der Waals surface area contributed by atoms with Gasteiger partial charge in [0.25, 0.3) is 0 Å². The molecule has 0 aliphatic carbocycles. The van der Waals surface area contributed by atoms with Gasteiger partial charge in [-0.25, -0.2) is 15.0 Å². The van der Waals surface area contributed by atoms with E-state index < -0.39 is 0 Å². The third-order valence-corrected chi connectivity index (χ3v) is 13.9. The Kier molecular flexibility index (Phi) is 10.9. The van der Waals surface area contributed by atoms with Crippen molar-refractivity contribution in [3.63, 3.8) is 0 Å². The van der Waals surface area contributed by atoms with Crippen molar-refractivity contribution < 1.29 is 0 Å². The topological polar surface area (TPSA) is 38.7 Å². The van der Waals surface area contributed by atoms with E-state index >= 15 is 0 Å². The van der Waals surface area contributed by atoms with Crippen molar-refractivity contribution in [2.75, 3.05) is 0 Å². The molecule has 13 aromatic rings. The zero-order valence-electron chi connectivity index (χ0n) is 39.3. The molecule has 336 valence electrons. The van der Waals surface area contributed by atoms with Crippen LogP contribution in [0.4, 0.5) is 0 Å². The van der Waals surface area contributed by atoms with E-state index in [9.17, 15) is 0 Å². The molecule has 0 fully saturated rings. The summed E-state index contributed by atoms with van der Waals surface area (Å²) in [6.07, 6.45) is 0. The number of fused-ring (bicyclic) bond motifs is 6. The van der Waals surface area contributed by atoms with Gasteiger partial charge >= 0.3 is 0 Å². The molecule has 11 aromatic carbocycles. The molecule has 0 atom stereocenters. The number of hydrogen-bond donors (Lipinski definition) is 0. The molecule has 0 N–H and O–H groups in total. The van der Waals surface area contributed by atoms with E-state index in [1.165, 1.54) is 37.9 Å². The molecule has 0 unspecified atom stereocenters. The quantitative estimate of drug-likeness (QED) is 0.135. The summed E-state index contributed by atoms with van der Waals surface area (Å²) in [4.78, 5) is 16.2. The Labute approximate surface area is 419 Å². The number of nitrogens with zero attached hydrogens (tertiary/aromatic N) is 3. The van der Waals surface area contributed by atoms with E-state index in [0.717, 1.165) is 89.5 Å². The van der Waals surface area contributed by atoms with Crippen LogP contribution in [0.1, 0.15) is 0 Å². The van der Waals surface area contributed by atoms with Crippen molar-refractivity contribution >= 4 is 32.3 Å². The molecule has 13 rings (SSSR count). The molecule has 72 heavy (non-hydrogen) atoms. The molecule has 0 bridgehead atoms. The van der Waals surface area contributed by atoms with Crippen LogP contribution in [0, 0.1) is 0 Å². The van der Waals surface area contributed by atoms with E-state index in [-0.39, 0.29) is 0 Å². The largest absolute Gasteiger partial charge is 0.246 e. The second-order valence-corrected chi connectivity index (χ2v) is 18.2. The van der Waals surface area contributed by atoms with Crippen LogP contribution in [0.2, 0.25) is 0 Å². The minimum atomic E-state index is 0.659. The normalized spacial score (nSPS) is 11.3. The first-order valence-corrected chi connectivity index (χ1v) is 24.5. The van der Waals surface area contributed by atoms with Crippen LogP contribution in [-0.4, -0.2) is 15.0 Å². The van der Waals surface area contributed by atoms with Crippen LogP contribution in [0.5, 0.6) is 0 Å². The van der Waals surface area contributed by atoms with Gasteiger partial charge in [-0.05, 0) is 72.3 Å². The average Bonchev–Trinajstić information content (AvgIpc) is 3.47. The van der Waals surface area contributed by atoms with Crippen LogP contribution in [0.15, 0.2) is 273 Å². The molecule has 3 nitrogen and oxygen atoms in total. The van der Waals surface area contributed by atoms with E-state index in [1.807, 2.05) is 6.07 Å².